The number of hydrogen-bond donors (Lipinski definition) is 0. The first-order chi connectivity index (χ1) is 15.5. The van der Waals surface area contributed by atoms with Crippen molar-refractivity contribution in [3.8, 4) is 11.4 Å². The van der Waals surface area contributed by atoms with Crippen LogP contribution in [0.25, 0.3) is 11.4 Å². The molecule has 0 N–H and O–H groups in total. The van der Waals surface area contributed by atoms with E-state index >= 15 is 0 Å². The average Bonchev–Trinajstić information content (AvgIpc) is 2.84. The van der Waals surface area contributed by atoms with Gasteiger partial charge in [0.1, 0.15) is 5.82 Å². The van der Waals surface area contributed by atoms with Gasteiger partial charge in [-0.2, -0.15) is 0 Å². The van der Waals surface area contributed by atoms with Gasteiger partial charge in [-0.15, -0.1) is 0 Å². The Bertz CT molecular complexity index is 949. The maximum Gasteiger partial charge on any atom is 0.269 e. The minimum absolute atomic E-state index is 0.0506. The molecule has 0 radical (unpaired) electrons. The van der Waals surface area contributed by atoms with Crippen molar-refractivity contribution in [2.45, 2.75) is 51.9 Å². The van der Waals surface area contributed by atoms with Crippen molar-refractivity contribution >= 4 is 17.4 Å². The number of non-ortho nitro benzene ring substituents is 1. The largest absolute Gasteiger partial charge is 0.353 e. The molecule has 1 saturated heterocycles. The van der Waals surface area contributed by atoms with Gasteiger partial charge in [0, 0.05) is 62.1 Å². The molecule has 2 aliphatic rings. The normalized spacial score (nSPS) is 17.4. The Morgan fingerprint density at radius 3 is 2.38 bits per heavy atom. The van der Waals surface area contributed by atoms with E-state index in [1.165, 1.54) is 44.2 Å². The Kier molecular flexibility index (Phi) is 6.97. The predicted octanol–water partition coefficient (Wildman–Crippen LogP) is 4.23. The van der Waals surface area contributed by atoms with E-state index in [1.807, 2.05) is 17.9 Å². The van der Waals surface area contributed by atoms with Crippen LogP contribution in [0, 0.1) is 16.0 Å². The van der Waals surface area contributed by atoms with E-state index in [1.54, 1.807) is 12.1 Å². The van der Waals surface area contributed by atoms with Crippen LogP contribution in [0.5, 0.6) is 0 Å². The average molecular weight is 438 g/mol. The van der Waals surface area contributed by atoms with Gasteiger partial charge in [0.15, 0.2) is 5.82 Å². The quantitative estimate of drug-likeness (QED) is 0.496. The van der Waals surface area contributed by atoms with Gasteiger partial charge < -0.3 is 9.80 Å². The van der Waals surface area contributed by atoms with Crippen LogP contribution < -0.4 is 4.90 Å². The second-order valence-electron chi connectivity index (χ2n) is 8.77. The number of nitrogens with zero attached hydrogens (tertiary/aromatic N) is 5. The molecule has 32 heavy (non-hydrogen) atoms. The van der Waals surface area contributed by atoms with Crippen LogP contribution in [0.3, 0.4) is 0 Å². The number of rotatable bonds is 6. The maximum atomic E-state index is 12.8. The van der Waals surface area contributed by atoms with Crippen molar-refractivity contribution in [3.63, 3.8) is 0 Å². The summed E-state index contributed by atoms with van der Waals surface area (Å²) in [6, 6.07) is 8.35. The lowest BCUT2D eigenvalue weighted by Gasteiger charge is -2.36. The molecule has 0 bridgehead atoms. The third kappa shape index (κ3) is 5.23. The third-order valence-electron chi connectivity index (χ3n) is 6.61. The van der Waals surface area contributed by atoms with Gasteiger partial charge in [0.05, 0.1) is 4.92 Å². The second-order valence-corrected chi connectivity index (χ2v) is 8.77. The van der Waals surface area contributed by atoms with Gasteiger partial charge in [0.25, 0.3) is 5.69 Å². The number of piperazine rings is 1. The Balaban J connectivity index is 1.43. The monoisotopic (exact) mass is 437 g/mol. The topological polar surface area (TPSA) is 92.5 Å². The summed E-state index contributed by atoms with van der Waals surface area (Å²) in [5, 5.41) is 10.9. The van der Waals surface area contributed by atoms with Crippen molar-refractivity contribution in [1.82, 2.24) is 14.9 Å². The van der Waals surface area contributed by atoms with E-state index in [0.29, 0.717) is 37.2 Å². The highest BCUT2D eigenvalue weighted by Gasteiger charge is 2.25. The van der Waals surface area contributed by atoms with E-state index in [4.69, 9.17) is 4.98 Å². The Hall–Kier alpha value is -3.03. The number of carbonyl (C=O) groups excluding carboxylic acids is 1. The number of amides is 1. The minimum Gasteiger partial charge on any atom is -0.353 e. The van der Waals surface area contributed by atoms with E-state index in [2.05, 4.69) is 9.88 Å². The zero-order valence-corrected chi connectivity index (χ0v) is 18.7. The summed E-state index contributed by atoms with van der Waals surface area (Å²) < 4.78 is 0. The molecule has 1 aromatic carbocycles. The Morgan fingerprint density at radius 2 is 1.75 bits per heavy atom. The molecule has 8 nitrogen and oxygen atoms in total. The van der Waals surface area contributed by atoms with Gasteiger partial charge in [-0.25, -0.2) is 9.97 Å². The number of anilines is 1. The van der Waals surface area contributed by atoms with Crippen LogP contribution in [0.2, 0.25) is 0 Å². The van der Waals surface area contributed by atoms with Crippen molar-refractivity contribution in [1.29, 1.82) is 0 Å². The van der Waals surface area contributed by atoms with Gasteiger partial charge in [0.2, 0.25) is 5.91 Å². The molecule has 0 atom stereocenters. The van der Waals surface area contributed by atoms with Crippen LogP contribution in [-0.2, 0) is 11.2 Å². The molecular weight excluding hydrogens is 406 g/mol. The minimum atomic E-state index is -0.409. The number of carbonyl (C=O) groups is 1. The fourth-order valence-corrected chi connectivity index (χ4v) is 4.64. The van der Waals surface area contributed by atoms with Gasteiger partial charge in [-0.05, 0) is 37.3 Å². The van der Waals surface area contributed by atoms with E-state index in [9.17, 15) is 14.9 Å². The fourth-order valence-electron chi connectivity index (χ4n) is 4.64. The van der Waals surface area contributed by atoms with Crippen molar-refractivity contribution in [2.24, 2.45) is 5.92 Å². The van der Waals surface area contributed by atoms with Gasteiger partial charge in [-0.1, -0.05) is 26.2 Å². The first kappa shape index (κ1) is 22.2. The molecule has 2 fully saturated rings. The van der Waals surface area contributed by atoms with Crippen LogP contribution in [0.4, 0.5) is 11.5 Å². The highest BCUT2D eigenvalue weighted by atomic mass is 16.6. The SMILES string of the molecule is CCc1cc(N2CCN(C(=O)CC3CCCCC3)CC2)nc(-c2ccc([N+](=O)[O-])cc2)n1. The van der Waals surface area contributed by atoms with E-state index < -0.39 is 4.92 Å². The van der Waals surface area contributed by atoms with Crippen LogP contribution >= 0.6 is 0 Å². The lowest BCUT2D eigenvalue weighted by molar-refractivity contribution is -0.384. The van der Waals surface area contributed by atoms with E-state index in [0.717, 1.165) is 36.6 Å². The molecule has 170 valence electrons. The van der Waals surface area contributed by atoms with Crippen molar-refractivity contribution in [2.75, 3.05) is 31.1 Å². The first-order valence-corrected chi connectivity index (χ1v) is 11.7. The highest BCUT2D eigenvalue weighted by molar-refractivity contribution is 5.76. The summed E-state index contributed by atoms with van der Waals surface area (Å²) in [5.74, 6) is 2.28. The smallest absolute Gasteiger partial charge is 0.269 e. The lowest BCUT2D eigenvalue weighted by Crippen LogP contribution is -2.49. The third-order valence-corrected chi connectivity index (χ3v) is 6.61. The maximum absolute atomic E-state index is 12.8. The summed E-state index contributed by atoms with van der Waals surface area (Å²) >= 11 is 0. The van der Waals surface area contributed by atoms with Crippen LogP contribution in [-0.4, -0.2) is 51.9 Å². The zero-order chi connectivity index (χ0) is 22.5. The molecule has 1 aromatic heterocycles. The molecule has 0 unspecified atom stereocenters. The Labute approximate surface area is 188 Å². The zero-order valence-electron chi connectivity index (χ0n) is 18.7. The van der Waals surface area contributed by atoms with Crippen molar-refractivity contribution < 1.29 is 9.72 Å². The molecular formula is C24H31N5O3. The number of hydrogen-bond acceptors (Lipinski definition) is 6. The molecule has 2 heterocycles. The standard InChI is InChI=1S/C24H31N5O3/c1-2-20-17-22(26-24(25-20)19-8-10-21(11-9-19)29(31)32)27-12-14-28(15-13-27)23(30)16-18-6-4-3-5-7-18/h8-11,17-18H,2-7,12-16H2,1H3. The van der Waals surface area contributed by atoms with Gasteiger partial charge >= 0.3 is 0 Å². The Morgan fingerprint density at radius 1 is 1.06 bits per heavy atom. The lowest BCUT2D eigenvalue weighted by atomic mass is 9.86. The molecule has 0 spiro atoms. The number of aromatic nitrogens is 2. The number of benzene rings is 1. The summed E-state index contributed by atoms with van der Waals surface area (Å²) in [6.07, 6.45) is 7.68. The molecule has 8 heteroatoms. The summed E-state index contributed by atoms with van der Waals surface area (Å²) in [7, 11) is 0. The molecule has 1 amide bonds. The van der Waals surface area contributed by atoms with Crippen molar-refractivity contribution in [3.05, 3.63) is 46.1 Å². The summed E-state index contributed by atoms with van der Waals surface area (Å²) in [4.78, 5) is 36.9. The fraction of sp³-hybridized carbons (Fsp3) is 0.542. The molecule has 1 saturated carbocycles. The molecule has 1 aliphatic carbocycles. The van der Waals surface area contributed by atoms with E-state index in [-0.39, 0.29) is 5.69 Å². The molecule has 1 aliphatic heterocycles. The first-order valence-electron chi connectivity index (χ1n) is 11.7. The summed E-state index contributed by atoms with van der Waals surface area (Å²) in [6.45, 7) is 4.97. The second kappa shape index (κ2) is 10.1. The van der Waals surface area contributed by atoms with Crippen LogP contribution in [0.1, 0.15) is 51.1 Å². The van der Waals surface area contributed by atoms with Gasteiger partial charge in [-0.3, -0.25) is 14.9 Å². The predicted molar refractivity (Wildman–Crippen MR) is 123 cm³/mol. The number of nitro benzene ring substituents is 1. The number of nitro groups is 1. The summed E-state index contributed by atoms with van der Waals surface area (Å²) in [5.41, 5.74) is 1.74. The molecule has 4 rings (SSSR count). The highest BCUT2D eigenvalue weighted by Crippen LogP contribution is 2.28. The molecule has 2 aromatic rings. The van der Waals surface area contributed by atoms with Crippen LogP contribution in [0.15, 0.2) is 30.3 Å². The number of aryl methyl sites for hydroxylation is 1.